The summed E-state index contributed by atoms with van der Waals surface area (Å²) in [6.45, 7) is 0.457. The molecule has 4 nitrogen and oxygen atoms in total. The van der Waals surface area contributed by atoms with Crippen molar-refractivity contribution in [2.24, 2.45) is 5.10 Å². The van der Waals surface area contributed by atoms with Crippen LogP contribution in [-0.2, 0) is 6.61 Å². The van der Waals surface area contributed by atoms with Gasteiger partial charge in [-0.2, -0.15) is 5.10 Å². The Morgan fingerprint density at radius 3 is 2.31 bits per heavy atom. The number of benzene rings is 3. The minimum absolute atomic E-state index is 0.312. The van der Waals surface area contributed by atoms with Crippen molar-refractivity contribution in [3.05, 3.63) is 94.9 Å². The molecule has 0 aliphatic rings. The second-order valence-electron chi connectivity index (χ2n) is 5.93. The molecule has 0 aliphatic heterocycles. The van der Waals surface area contributed by atoms with Gasteiger partial charge in [0.2, 0.25) is 0 Å². The molecule has 3 rings (SSSR count). The lowest BCUT2D eigenvalue weighted by atomic mass is 10.2. The van der Waals surface area contributed by atoms with Gasteiger partial charge in [-0.15, -0.1) is 0 Å². The summed E-state index contributed by atoms with van der Waals surface area (Å²) in [4.78, 5) is 12.1. The van der Waals surface area contributed by atoms with Crippen LogP contribution >= 0.6 is 66.1 Å². The molecular formula is C21H14Br2ClIN2O2. The zero-order chi connectivity index (χ0) is 20.8. The third-order valence-electron chi connectivity index (χ3n) is 3.80. The average molecular weight is 649 g/mol. The Kier molecular flexibility index (Phi) is 8.11. The average Bonchev–Trinajstić information content (AvgIpc) is 2.69. The molecule has 3 aromatic carbocycles. The molecule has 8 heteroatoms. The van der Waals surface area contributed by atoms with E-state index in [9.17, 15) is 4.79 Å². The highest BCUT2D eigenvalue weighted by molar-refractivity contribution is 14.1. The van der Waals surface area contributed by atoms with Gasteiger partial charge in [0.25, 0.3) is 5.91 Å². The maximum absolute atomic E-state index is 12.1. The van der Waals surface area contributed by atoms with Crippen LogP contribution in [0.1, 0.15) is 21.5 Å². The van der Waals surface area contributed by atoms with Gasteiger partial charge in [-0.05, 0) is 114 Å². The third kappa shape index (κ3) is 6.53. The largest absolute Gasteiger partial charge is 0.487 e. The monoisotopic (exact) mass is 646 g/mol. The van der Waals surface area contributed by atoms with Gasteiger partial charge in [0.1, 0.15) is 12.4 Å². The minimum atomic E-state index is -0.312. The van der Waals surface area contributed by atoms with E-state index in [-0.39, 0.29) is 5.91 Å². The van der Waals surface area contributed by atoms with E-state index in [4.69, 9.17) is 16.3 Å². The molecule has 0 aromatic heterocycles. The first-order valence-corrected chi connectivity index (χ1v) is 11.4. The SMILES string of the molecule is O=C(N/N=C\c1cc(Br)c(OCc2ccc(I)cc2)c(Br)c1)c1ccc(Cl)cc1. The molecule has 29 heavy (non-hydrogen) atoms. The molecule has 0 saturated heterocycles. The lowest BCUT2D eigenvalue weighted by molar-refractivity contribution is 0.0955. The smallest absolute Gasteiger partial charge is 0.271 e. The third-order valence-corrected chi connectivity index (χ3v) is 5.95. The number of carbonyl (C=O) groups excluding carboxylic acids is 1. The Labute approximate surface area is 204 Å². The summed E-state index contributed by atoms with van der Waals surface area (Å²) in [6, 6.07) is 18.5. The fraction of sp³-hybridized carbons (Fsp3) is 0.0476. The molecule has 0 heterocycles. The Morgan fingerprint density at radius 1 is 1.07 bits per heavy atom. The predicted molar refractivity (Wildman–Crippen MR) is 132 cm³/mol. The fourth-order valence-electron chi connectivity index (χ4n) is 2.36. The number of hydrogen-bond donors (Lipinski definition) is 1. The van der Waals surface area contributed by atoms with Crippen LogP contribution in [0.5, 0.6) is 5.75 Å². The number of nitrogens with zero attached hydrogens (tertiary/aromatic N) is 1. The van der Waals surface area contributed by atoms with Crippen molar-refractivity contribution in [3.63, 3.8) is 0 Å². The van der Waals surface area contributed by atoms with Crippen molar-refractivity contribution in [1.82, 2.24) is 5.43 Å². The molecule has 0 unspecified atom stereocenters. The standard InChI is InChI=1S/C21H14Br2ClIN2O2/c22-18-9-14(11-26-27-21(28)15-3-5-16(24)6-4-15)10-19(23)20(18)29-12-13-1-7-17(25)8-2-13/h1-11H,12H2,(H,27,28)/b26-11-. The molecule has 0 atom stereocenters. The van der Waals surface area contributed by atoms with E-state index in [1.54, 1.807) is 30.5 Å². The van der Waals surface area contributed by atoms with Crippen LogP contribution in [0, 0.1) is 3.57 Å². The second kappa shape index (κ2) is 10.6. The minimum Gasteiger partial charge on any atom is -0.487 e. The molecule has 1 N–H and O–H groups in total. The zero-order valence-corrected chi connectivity index (χ0v) is 20.9. The van der Waals surface area contributed by atoms with Crippen LogP contribution in [-0.4, -0.2) is 12.1 Å². The van der Waals surface area contributed by atoms with E-state index >= 15 is 0 Å². The second-order valence-corrected chi connectivity index (χ2v) is 9.33. The number of rotatable bonds is 6. The van der Waals surface area contributed by atoms with Gasteiger partial charge >= 0.3 is 0 Å². The van der Waals surface area contributed by atoms with E-state index in [1.165, 1.54) is 3.57 Å². The number of ether oxygens (including phenoxy) is 1. The molecule has 0 saturated carbocycles. The maximum atomic E-state index is 12.1. The van der Waals surface area contributed by atoms with E-state index in [0.29, 0.717) is 22.9 Å². The van der Waals surface area contributed by atoms with Crippen LogP contribution in [0.15, 0.2) is 74.7 Å². The van der Waals surface area contributed by atoms with E-state index in [1.807, 2.05) is 36.4 Å². The predicted octanol–water partition coefficient (Wildman–Crippen LogP) is 6.81. The van der Waals surface area contributed by atoms with Crippen LogP contribution in [0.2, 0.25) is 5.02 Å². The van der Waals surface area contributed by atoms with Crippen molar-refractivity contribution < 1.29 is 9.53 Å². The van der Waals surface area contributed by atoms with E-state index < -0.39 is 0 Å². The Bertz CT molecular complexity index is 1020. The highest BCUT2D eigenvalue weighted by atomic mass is 127. The number of hydrazone groups is 1. The van der Waals surface area contributed by atoms with Crippen molar-refractivity contribution in [1.29, 1.82) is 0 Å². The molecule has 0 spiro atoms. The summed E-state index contributed by atoms with van der Waals surface area (Å²) in [7, 11) is 0. The van der Waals surface area contributed by atoms with Crippen molar-refractivity contribution in [3.8, 4) is 5.75 Å². The van der Waals surface area contributed by atoms with Crippen LogP contribution < -0.4 is 10.2 Å². The summed E-state index contributed by atoms with van der Waals surface area (Å²) >= 11 is 15.2. The first-order chi connectivity index (χ1) is 13.9. The van der Waals surface area contributed by atoms with Crippen LogP contribution in [0.25, 0.3) is 0 Å². The number of carbonyl (C=O) groups is 1. The quantitative estimate of drug-likeness (QED) is 0.182. The van der Waals surface area contributed by atoms with Gasteiger partial charge < -0.3 is 4.74 Å². The number of amides is 1. The van der Waals surface area contributed by atoms with Crippen molar-refractivity contribution in [2.45, 2.75) is 6.61 Å². The van der Waals surface area contributed by atoms with Gasteiger partial charge in [-0.3, -0.25) is 4.79 Å². The Hall–Kier alpha value is -1.42. The molecule has 148 valence electrons. The normalized spacial score (nSPS) is 10.9. The number of hydrogen-bond acceptors (Lipinski definition) is 3. The summed E-state index contributed by atoms with van der Waals surface area (Å²) in [5.74, 6) is 0.388. The van der Waals surface area contributed by atoms with Gasteiger partial charge in [0, 0.05) is 14.2 Å². The molecule has 0 aliphatic carbocycles. The number of halogens is 4. The Morgan fingerprint density at radius 2 is 1.69 bits per heavy atom. The lowest BCUT2D eigenvalue weighted by Crippen LogP contribution is -2.17. The summed E-state index contributed by atoms with van der Waals surface area (Å²) in [6.07, 6.45) is 1.56. The summed E-state index contributed by atoms with van der Waals surface area (Å²) < 4.78 is 8.68. The Balaban J connectivity index is 1.63. The van der Waals surface area contributed by atoms with Crippen LogP contribution in [0.4, 0.5) is 0 Å². The topological polar surface area (TPSA) is 50.7 Å². The van der Waals surface area contributed by atoms with E-state index in [0.717, 1.165) is 20.1 Å². The first-order valence-electron chi connectivity index (χ1n) is 8.37. The maximum Gasteiger partial charge on any atom is 0.271 e. The lowest BCUT2D eigenvalue weighted by Gasteiger charge is -2.11. The van der Waals surface area contributed by atoms with Gasteiger partial charge in [-0.25, -0.2) is 5.43 Å². The molecular weight excluding hydrogens is 634 g/mol. The molecule has 1 amide bonds. The van der Waals surface area contributed by atoms with Crippen molar-refractivity contribution >= 4 is 78.2 Å². The van der Waals surface area contributed by atoms with Gasteiger partial charge in [0.05, 0.1) is 15.2 Å². The first kappa shape index (κ1) is 22.3. The fourth-order valence-corrected chi connectivity index (χ4v) is 4.30. The zero-order valence-electron chi connectivity index (χ0n) is 14.8. The molecule has 0 fully saturated rings. The molecule has 3 aromatic rings. The summed E-state index contributed by atoms with van der Waals surface area (Å²) in [5.41, 5.74) is 4.85. The highest BCUT2D eigenvalue weighted by Crippen LogP contribution is 2.35. The van der Waals surface area contributed by atoms with Crippen molar-refractivity contribution in [2.75, 3.05) is 0 Å². The molecule has 0 bridgehead atoms. The molecule has 0 radical (unpaired) electrons. The van der Waals surface area contributed by atoms with Crippen LogP contribution in [0.3, 0.4) is 0 Å². The number of nitrogens with one attached hydrogen (secondary N) is 1. The van der Waals surface area contributed by atoms with Gasteiger partial charge in [-0.1, -0.05) is 23.7 Å². The van der Waals surface area contributed by atoms with E-state index in [2.05, 4.69) is 65.0 Å². The van der Waals surface area contributed by atoms with Gasteiger partial charge in [0.15, 0.2) is 0 Å². The highest BCUT2D eigenvalue weighted by Gasteiger charge is 2.09. The summed E-state index contributed by atoms with van der Waals surface area (Å²) in [5, 5.41) is 4.59.